The van der Waals surface area contributed by atoms with Gasteiger partial charge < -0.3 is 0 Å². The minimum absolute atomic E-state index is 0.0309. The van der Waals surface area contributed by atoms with Crippen molar-refractivity contribution in [1.82, 2.24) is 0 Å². The quantitative estimate of drug-likeness (QED) is 0.227. The van der Waals surface area contributed by atoms with Crippen LogP contribution < -0.4 is 0 Å². The van der Waals surface area contributed by atoms with E-state index in [0.29, 0.717) is 28.5 Å². The highest BCUT2D eigenvalue weighted by Crippen LogP contribution is 2.42. The molecule has 2 aromatic rings. The maximum Gasteiger partial charge on any atom is 0.229 e. The number of hydrogen-bond acceptors (Lipinski definition) is 4. The Balaban J connectivity index is 1.36. The highest BCUT2D eigenvalue weighted by Gasteiger charge is 2.38. The number of rotatable bonds is 9. The molecule has 2 fully saturated rings. The molecule has 0 N–H and O–H groups in total. The predicted octanol–water partition coefficient (Wildman–Crippen LogP) is 8.21. The Kier molecular flexibility index (Phi) is 9.11. The van der Waals surface area contributed by atoms with Crippen LogP contribution in [0.2, 0.25) is 0 Å². The molecule has 0 aliphatic heterocycles. The molecule has 0 heterocycles. The van der Waals surface area contributed by atoms with Crippen LogP contribution in [-0.4, -0.2) is 23.1 Å². The first-order valence-electron chi connectivity index (χ1n) is 16.1. The van der Waals surface area contributed by atoms with Crippen molar-refractivity contribution in [2.45, 2.75) is 98.3 Å². The first-order valence-corrected chi connectivity index (χ1v) is 16.1. The van der Waals surface area contributed by atoms with Crippen molar-refractivity contribution in [2.24, 2.45) is 29.6 Å². The lowest BCUT2D eigenvalue weighted by atomic mass is 9.75. The van der Waals surface area contributed by atoms with Crippen molar-refractivity contribution >= 4 is 28.7 Å². The van der Waals surface area contributed by atoms with Crippen molar-refractivity contribution in [2.75, 3.05) is 0 Å². The van der Waals surface area contributed by atoms with Gasteiger partial charge in [-0.25, -0.2) is 0 Å². The fraction of sp³-hybridized carbons (Fsp3) is 0.526. The minimum Gasteiger partial charge on any atom is -0.298 e. The Hall–Kier alpha value is -3.14. The van der Waals surface area contributed by atoms with Crippen LogP contribution >= 0.6 is 0 Å². The number of hydrogen-bond donors (Lipinski definition) is 0. The Morgan fingerprint density at radius 2 is 1.43 bits per heavy atom. The number of ketones is 4. The van der Waals surface area contributed by atoms with E-state index in [0.717, 1.165) is 68.9 Å². The summed E-state index contributed by atoms with van der Waals surface area (Å²) in [5, 5.41) is 0. The predicted molar refractivity (Wildman–Crippen MR) is 168 cm³/mol. The number of carbonyl (C=O) groups excluding carboxylic acids is 4. The van der Waals surface area contributed by atoms with Crippen molar-refractivity contribution in [1.29, 1.82) is 0 Å². The zero-order valence-corrected chi connectivity index (χ0v) is 26.0. The van der Waals surface area contributed by atoms with Gasteiger partial charge in [0.25, 0.3) is 0 Å². The highest BCUT2D eigenvalue weighted by atomic mass is 16.2. The molecule has 0 spiro atoms. The molecule has 4 nitrogen and oxygen atoms in total. The van der Waals surface area contributed by atoms with E-state index in [4.69, 9.17) is 0 Å². The fourth-order valence-corrected chi connectivity index (χ4v) is 7.37. The average Bonchev–Trinajstić information content (AvgIpc) is 3.35. The Labute approximate surface area is 251 Å². The van der Waals surface area contributed by atoms with Crippen LogP contribution in [0, 0.1) is 43.4 Å². The molecule has 0 bridgehead atoms. The van der Waals surface area contributed by atoms with Gasteiger partial charge in [-0.15, -0.1) is 0 Å². The average molecular weight is 567 g/mol. The lowest BCUT2D eigenvalue weighted by Gasteiger charge is -2.28. The Bertz CT molecular complexity index is 1390. The van der Waals surface area contributed by atoms with Gasteiger partial charge >= 0.3 is 0 Å². The molecule has 2 saturated carbocycles. The molecule has 0 saturated heterocycles. The Morgan fingerprint density at radius 3 is 2.05 bits per heavy atom. The van der Waals surface area contributed by atoms with Gasteiger partial charge in [0, 0.05) is 28.9 Å². The summed E-state index contributed by atoms with van der Waals surface area (Å²) in [6.45, 7) is 9.96. The maximum atomic E-state index is 13.9. The van der Waals surface area contributed by atoms with Gasteiger partial charge in [0.2, 0.25) is 11.6 Å². The second-order valence-corrected chi connectivity index (χ2v) is 13.8. The Morgan fingerprint density at radius 1 is 0.810 bits per heavy atom. The zero-order chi connectivity index (χ0) is 30.1. The van der Waals surface area contributed by atoms with Gasteiger partial charge in [-0.3, -0.25) is 19.2 Å². The van der Waals surface area contributed by atoms with E-state index in [2.05, 4.69) is 38.1 Å². The van der Waals surface area contributed by atoms with Crippen molar-refractivity contribution < 1.29 is 19.2 Å². The zero-order valence-electron chi connectivity index (χ0n) is 26.0. The normalized spacial score (nSPS) is 25.6. The third-order valence-electron chi connectivity index (χ3n) is 10.2. The van der Waals surface area contributed by atoms with E-state index in [1.165, 1.54) is 11.1 Å². The summed E-state index contributed by atoms with van der Waals surface area (Å²) in [6, 6.07) is 12.5. The molecule has 3 aliphatic rings. The number of fused-ring (bicyclic) bond motifs is 1. The summed E-state index contributed by atoms with van der Waals surface area (Å²) in [5.74, 6) is -0.561. The largest absolute Gasteiger partial charge is 0.298 e. The number of carbonyl (C=O) groups is 4. The van der Waals surface area contributed by atoms with E-state index >= 15 is 0 Å². The van der Waals surface area contributed by atoms with Crippen LogP contribution in [0.4, 0.5) is 0 Å². The first kappa shape index (κ1) is 30.3. The molecular formula is C38H46O4. The third-order valence-corrected chi connectivity index (χ3v) is 10.2. The second kappa shape index (κ2) is 12.6. The van der Waals surface area contributed by atoms with E-state index in [1.54, 1.807) is 6.08 Å². The third kappa shape index (κ3) is 6.28. The summed E-state index contributed by atoms with van der Waals surface area (Å²) < 4.78 is 0. The minimum atomic E-state index is -0.557. The van der Waals surface area contributed by atoms with Crippen LogP contribution in [-0.2, 0) is 20.8 Å². The number of allylic oxidation sites excluding steroid dienone is 2. The molecule has 42 heavy (non-hydrogen) atoms. The van der Waals surface area contributed by atoms with Gasteiger partial charge in [0.05, 0.1) is 5.92 Å². The first-order chi connectivity index (χ1) is 20.0. The molecule has 1 unspecified atom stereocenters. The topological polar surface area (TPSA) is 68.3 Å². The molecule has 0 radical (unpaired) electrons. The highest BCUT2D eigenvalue weighted by molar-refractivity contribution is 6.55. The lowest BCUT2D eigenvalue weighted by molar-refractivity contribution is -0.136. The van der Waals surface area contributed by atoms with Gasteiger partial charge in [-0.05, 0) is 98.9 Å². The monoisotopic (exact) mass is 566 g/mol. The van der Waals surface area contributed by atoms with E-state index in [1.807, 2.05) is 32.9 Å². The van der Waals surface area contributed by atoms with Crippen LogP contribution in [0.25, 0.3) is 5.57 Å². The smallest absolute Gasteiger partial charge is 0.229 e. The standard InChI is InChI=1S/C38H46O4/c1-22(2)35(39)33-21-34(38(42)37(41)29-14-8-24(4)9-15-29)32-20-30(25(5)18-31(32)33)36(40)28-16-12-27(13-17-28)19-26-10-6-23(3)7-11-26/h6-7,10-11,18,20-22,24,27-29,33H,8-9,12-17,19H2,1-5H3. The molecule has 2 aromatic carbocycles. The molecule has 0 aromatic heterocycles. The number of benzene rings is 2. The van der Waals surface area contributed by atoms with Crippen LogP contribution in [0.15, 0.2) is 42.5 Å². The summed E-state index contributed by atoms with van der Waals surface area (Å²) >= 11 is 0. The summed E-state index contributed by atoms with van der Waals surface area (Å²) in [4.78, 5) is 54.2. The van der Waals surface area contributed by atoms with Crippen LogP contribution in [0.5, 0.6) is 0 Å². The van der Waals surface area contributed by atoms with Gasteiger partial charge in [-0.2, -0.15) is 0 Å². The molecule has 1 atom stereocenters. The maximum absolute atomic E-state index is 13.9. The molecule has 5 rings (SSSR count). The summed E-state index contributed by atoms with van der Waals surface area (Å²) in [5.41, 5.74) is 5.80. The van der Waals surface area contributed by atoms with Crippen LogP contribution in [0.3, 0.4) is 0 Å². The molecule has 4 heteroatoms. The molecule has 0 amide bonds. The van der Waals surface area contributed by atoms with Gasteiger partial charge in [0.1, 0.15) is 5.78 Å². The van der Waals surface area contributed by atoms with E-state index < -0.39 is 11.7 Å². The van der Waals surface area contributed by atoms with E-state index in [9.17, 15) is 19.2 Å². The second-order valence-electron chi connectivity index (χ2n) is 13.8. The van der Waals surface area contributed by atoms with Crippen molar-refractivity contribution in [3.63, 3.8) is 0 Å². The SMILES string of the molecule is Cc1ccc(CC2CCC(C(=O)c3cc4c(cc3C)C(C(=O)C(C)C)C=C4C(=O)C(=O)C3CCC(C)CC3)CC2)cc1. The summed E-state index contributed by atoms with van der Waals surface area (Å²) in [6.07, 6.45) is 9.93. The molecule has 3 aliphatic carbocycles. The van der Waals surface area contributed by atoms with Crippen molar-refractivity contribution in [3.8, 4) is 0 Å². The van der Waals surface area contributed by atoms with Crippen LogP contribution in [0.1, 0.15) is 116 Å². The van der Waals surface area contributed by atoms with Crippen molar-refractivity contribution in [3.05, 3.63) is 75.9 Å². The fourth-order valence-electron chi connectivity index (χ4n) is 7.37. The number of aryl methyl sites for hydroxylation is 2. The van der Waals surface area contributed by atoms with Gasteiger partial charge in [0.15, 0.2) is 5.78 Å². The summed E-state index contributed by atoms with van der Waals surface area (Å²) in [7, 11) is 0. The lowest BCUT2D eigenvalue weighted by Crippen LogP contribution is -2.28. The molecular weight excluding hydrogens is 520 g/mol. The van der Waals surface area contributed by atoms with Gasteiger partial charge in [-0.1, -0.05) is 75.6 Å². The molecule has 222 valence electrons. The van der Waals surface area contributed by atoms with E-state index in [-0.39, 0.29) is 35.1 Å². The number of Topliss-reactive ketones (excluding diaryl/α,β-unsaturated/α-hetero) is 4.